The molecule has 0 aliphatic carbocycles. The van der Waals surface area contributed by atoms with Gasteiger partial charge in [0.1, 0.15) is 0 Å². The Morgan fingerprint density at radius 2 is 2.25 bits per heavy atom. The first-order valence-corrected chi connectivity index (χ1v) is 7.04. The minimum absolute atomic E-state index is 0.128. The summed E-state index contributed by atoms with van der Waals surface area (Å²) in [6.07, 6.45) is 2.35. The van der Waals surface area contributed by atoms with E-state index in [1.807, 2.05) is 6.92 Å². The van der Waals surface area contributed by atoms with Crippen LogP contribution in [0, 0.1) is 0 Å². The Kier molecular flexibility index (Phi) is 7.63. The summed E-state index contributed by atoms with van der Waals surface area (Å²) in [6.45, 7) is 6.07. The first-order chi connectivity index (χ1) is 7.83. The molecular formula is C11H22N2O2S. The maximum absolute atomic E-state index is 11.4. The summed E-state index contributed by atoms with van der Waals surface area (Å²) in [7, 11) is 0. The van der Waals surface area contributed by atoms with Gasteiger partial charge in [-0.3, -0.25) is 4.79 Å². The van der Waals surface area contributed by atoms with Crippen LogP contribution in [0.5, 0.6) is 0 Å². The highest BCUT2D eigenvalue weighted by Gasteiger charge is 2.14. The van der Waals surface area contributed by atoms with Gasteiger partial charge in [0.15, 0.2) is 0 Å². The first kappa shape index (κ1) is 13.8. The zero-order valence-corrected chi connectivity index (χ0v) is 10.8. The standard InChI is InChI=1S/C11H22N2O2S/c1-2-15-8-7-13-11(14)9-16-10-3-5-12-6-4-10/h10,12H,2-9H2,1H3,(H,13,14). The lowest BCUT2D eigenvalue weighted by Crippen LogP contribution is -2.32. The van der Waals surface area contributed by atoms with E-state index in [1.54, 1.807) is 11.8 Å². The molecule has 0 saturated carbocycles. The predicted octanol–water partition coefficient (Wildman–Crippen LogP) is 0.624. The molecule has 0 atom stereocenters. The van der Waals surface area contributed by atoms with Crippen molar-refractivity contribution in [3.05, 3.63) is 0 Å². The molecule has 0 spiro atoms. The molecule has 2 N–H and O–H groups in total. The minimum Gasteiger partial charge on any atom is -0.380 e. The Morgan fingerprint density at radius 1 is 1.50 bits per heavy atom. The second-order valence-corrected chi connectivity index (χ2v) is 5.10. The van der Waals surface area contributed by atoms with Crippen LogP contribution in [0.2, 0.25) is 0 Å². The lowest BCUT2D eigenvalue weighted by Gasteiger charge is -2.21. The van der Waals surface area contributed by atoms with E-state index in [9.17, 15) is 4.79 Å². The molecule has 94 valence electrons. The molecule has 1 saturated heterocycles. The number of hydrogen-bond acceptors (Lipinski definition) is 4. The van der Waals surface area contributed by atoms with E-state index in [2.05, 4.69) is 10.6 Å². The molecule has 0 aromatic carbocycles. The van der Waals surface area contributed by atoms with Crippen molar-refractivity contribution in [2.45, 2.75) is 25.0 Å². The molecule has 1 fully saturated rings. The van der Waals surface area contributed by atoms with E-state index in [0.29, 0.717) is 30.8 Å². The number of carbonyl (C=O) groups is 1. The van der Waals surface area contributed by atoms with Crippen LogP contribution in [0.1, 0.15) is 19.8 Å². The fraction of sp³-hybridized carbons (Fsp3) is 0.909. The third kappa shape index (κ3) is 6.35. The molecule has 1 rings (SSSR count). The Hall–Kier alpha value is -0.260. The largest absolute Gasteiger partial charge is 0.380 e. The average Bonchev–Trinajstić information content (AvgIpc) is 2.33. The quantitative estimate of drug-likeness (QED) is 0.647. The summed E-state index contributed by atoms with van der Waals surface area (Å²) in [5.41, 5.74) is 0. The third-order valence-corrected chi connectivity index (χ3v) is 3.88. The molecule has 0 radical (unpaired) electrons. The van der Waals surface area contributed by atoms with Crippen LogP contribution >= 0.6 is 11.8 Å². The van der Waals surface area contributed by atoms with E-state index in [1.165, 1.54) is 12.8 Å². The zero-order valence-electron chi connectivity index (χ0n) is 9.96. The third-order valence-electron chi connectivity index (χ3n) is 2.51. The van der Waals surface area contributed by atoms with Crippen molar-refractivity contribution in [2.75, 3.05) is 38.6 Å². The highest BCUT2D eigenvalue weighted by Crippen LogP contribution is 2.19. The lowest BCUT2D eigenvalue weighted by molar-refractivity contribution is -0.118. The van der Waals surface area contributed by atoms with Crippen LogP contribution in [0.3, 0.4) is 0 Å². The van der Waals surface area contributed by atoms with E-state index >= 15 is 0 Å². The van der Waals surface area contributed by atoms with Crippen LogP contribution in [-0.2, 0) is 9.53 Å². The van der Waals surface area contributed by atoms with Crippen molar-refractivity contribution in [3.63, 3.8) is 0 Å². The van der Waals surface area contributed by atoms with Crippen molar-refractivity contribution < 1.29 is 9.53 Å². The predicted molar refractivity (Wildman–Crippen MR) is 67.9 cm³/mol. The van der Waals surface area contributed by atoms with Crippen molar-refractivity contribution in [1.29, 1.82) is 0 Å². The van der Waals surface area contributed by atoms with Crippen LogP contribution in [0.15, 0.2) is 0 Å². The highest BCUT2D eigenvalue weighted by atomic mass is 32.2. The van der Waals surface area contributed by atoms with Gasteiger partial charge in [0.05, 0.1) is 12.4 Å². The molecule has 0 aromatic heterocycles. The molecule has 16 heavy (non-hydrogen) atoms. The van der Waals surface area contributed by atoms with Gasteiger partial charge in [-0.25, -0.2) is 0 Å². The van der Waals surface area contributed by atoms with Gasteiger partial charge in [-0.05, 0) is 32.9 Å². The summed E-state index contributed by atoms with van der Waals surface area (Å²) in [5.74, 6) is 0.708. The van der Waals surface area contributed by atoms with Crippen LogP contribution in [-0.4, -0.2) is 49.8 Å². The topological polar surface area (TPSA) is 50.4 Å². The molecule has 5 heteroatoms. The van der Waals surface area contributed by atoms with Gasteiger partial charge < -0.3 is 15.4 Å². The fourth-order valence-electron chi connectivity index (χ4n) is 1.61. The molecule has 1 heterocycles. The highest BCUT2D eigenvalue weighted by molar-refractivity contribution is 8.00. The SMILES string of the molecule is CCOCCNC(=O)CSC1CCNCC1. The second-order valence-electron chi connectivity index (χ2n) is 3.81. The summed E-state index contributed by atoms with van der Waals surface area (Å²) in [4.78, 5) is 11.4. The van der Waals surface area contributed by atoms with E-state index in [4.69, 9.17) is 4.74 Å². The summed E-state index contributed by atoms with van der Waals surface area (Å²) < 4.78 is 5.15. The van der Waals surface area contributed by atoms with Crippen LogP contribution < -0.4 is 10.6 Å². The van der Waals surface area contributed by atoms with Gasteiger partial charge in [0.25, 0.3) is 0 Å². The maximum atomic E-state index is 11.4. The van der Waals surface area contributed by atoms with Gasteiger partial charge in [-0.2, -0.15) is 0 Å². The Balaban J connectivity index is 1.96. The molecule has 0 bridgehead atoms. The fourth-order valence-corrected chi connectivity index (χ4v) is 2.67. The number of piperidine rings is 1. The zero-order chi connectivity index (χ0) is 11.6. The first-order valence-electron chi connectivity index (χ1n) is 5.99. The summed E-state index contributed by atoms with van der Waals surface area (Å²) in [6, 6.07) is 0. The molecule has 0 unspecified atom stereocenters. The lowest BCUT2D eigenvalue weighted by atomic mass is 10.2. The molecular weight excluding hydrogens is 224 g/mol. The van der Waals surface area contributed by atoms with Crippen molar-refractivity contribution >= 4 is 17.7 Å². The molecule has 1 amide bonds. The Labute approximate surface area is 102 Å². The van der Waals surface area contributed by atoms with Gasteiger partial charge in [-0.15, -0.1) is 11.8 Å². The Bertz CT molecular complexity index is 196. The van der Waals surface area contributed by atoms with Gasteiger partial charge >= 0.3 is 0 Å². The molecule has 0 aromatic rings. The van der Waals surface area contributed by atoms with E-state index < -0.39 is 0 Å². The van der Waals surface area contributed by atoms with E-state index in [0.717, 1.165) is 13.1 Å². The number of thioether (sulfide) groups is 1. The molecule has 4 nitrogen and oxygen atoms in total. The normalized spacial score (nSPS) is 17.3. The van der Waals surface area contributed by atoms with Gasteiger partial charge in [0, 0.05) is 18.4 Å². The number of ether oxygens (including phenoxy) is 1. The smallest absolute Gasteiger partial charge is 0.230 e. The summed E-state index contributed by atoms with van der Waals surface area (Å²) in [5, 5.41) is 6.83. The number of carbonyl (C=O) groups excluding carboxylic acids is 1. The average molecular weight is 246 g/mol. The minimum atomic E-state index is 0.128. The Morgan fingerprint density at radius 3 is 2.94 bits per heavy atom. The van der Waals surface area contributed by atoms with Crippen molar-refractivity contribution in [1.82, 2.24) is 10.6 Å². The van der Waals surface area contributed by atoms with E-state index in [-0.39, 0.29) is 5.91 Å². The number of rotatable bonds is 7. The van der Waals surface area contributed by atoms with Crippen LogP contribution in [0.25, 0.3) is 0 Å². The molecule has 1 aliphatic heterocycles. The maximum Gasteiger partial charge on any atom is 0.230 e. The number of amides is 1. The molecule has 1 aliphatic rings. The summed E-state index contributed by atoms with van der Waals surface area (Å²) >= 11 is 1.78. The number of hydrogen-bond donors (Lipinski definition) is 2. The monoisotopic (exact) mass is 246 g/mol. The van der Waals surface area contributed by atoms with Gasteiger partial charge in [-0.1, -0.05) is 0 Å². The van der Waals surface area contributed by atoms with Crippen LogP contribution in [0.4, 0.5) is 0 Å². The number of nitrogens with one attached hydrogen (secondary N) is 2. The van der Waals surface area contributed by atoms with Gasteiger partial charge in [0.2, 0.25) is 5.91 Å². The second kappa shape index (κ2) is 8.84. The van der Waals surface area contributed by atoms with Crippen molar-refractivity contribution in [3.8, 4) is 0 Å². The van der Waals surface area contributed by atoms with Crippen molar-refractivity contribution in [2.24, 2.45) is 0 Å².